The van der Waals surface area contributed by atoms with Gasteiger partial charge in [-0.3, -0.25) is 0 Å². The van der Waals surface area contributed by atoms with Gasteiger partial charge >= 0.3 is 26.3 Å². The van der Waals surface area contributed by atoms with Crippen LogP contribution in [-0.4, -0.2) is 34.4 Å². The Hall–Kier alpha value is -2.79. The summed E-state index contributed by atoms with van der Waals surface area (Å²) in [5.74, 6) is 0.217. The first-order valence-corrected chi connectivity index (χ1v) is 21.4. The van der Waals surface area contributed by atoms with Gasteiger partial charge in [-0.15, -0.1) is 0 Å². The smallest absolute Gasteiger partial charge is 0.323 e. The fraction of sp³-hybridized carbons (Fsp3) is 0.649. The Morgan fingerprint density at radius 2 is 0.896 bits per heavy atom. The Kier molecular flexibility index (Phi) is 21.0. The van der Waals surface area contributed by atoms with Gasteiger partial charge in [0.05, 0.1) is 11.5 Å². The van der Waals surface area contributed by atoms with Gasteiger partial charge in [0.2, 0.25) is 0 Å². The summed E-state index contributed by atoms with van der Waals surface area (Å²) in [5, 5.41) is 5.33. The van der Waals surface area contributed by atoms with E-state index >= 15 is 0 Å². The van der Waals surface area contributed by atoms with Crippen LogP contribution >= 0.6 is 0 Å². The van der Waals surface area contributed by atoms with Crippen molar-refractivity contribution in [2.45, 2.75) is 142 Å². The maximum Gasteiger partial charge on any atom is 0.323 e. The molecular formula is C37H60N2O7S2. The molecule has 0 heterocycles. The molecule has 0 bridgehead atoms. The molecule has 0 atom stereocenters. The molecule has 0 aliphatic heterocycles. The third-order valence-corrected chi connectivity index (χ3v) is 10.6. The van der Waals surface area contributed by atoms with Crippen LogP contribution in [0.5, 0.6) is 11.5 Å². The molecule has 2 amide bonds. The number of carbonyl (C=O) groups excluding carboxylic acids is 1. The number of rotatable bonds is 28. The Morgan fingerprint density at radius 1 is 0.500 bits per heavy atom. The number of amides is 2. The van der Waals surface area contributed by atoms with E-state index in [0.717, 1.165) is 38.5 Å². The van der Waals surface area contributed by atoms with E-state index in [2.05, 4.69) is 24.5 Å². The lowest BCUT2D eigenvalue weighted by atomic mass is 10.1. The second kappa shape index (κ2) is 24.4. The van der Waals surface area contributed by atoms with E-state index in [1.165, 1.54) is 101 Å². The Morgan fingerprint density at radius 3 is 1.35 bits per heavy atom. The summed E-state index contributed by atoms with van der Waals surface area (Å²) in [5.41, 5.74) is 0.788. The largest absolute Gasteiger partial charge is 0.382 e. The molecule has 0 aromatic heterocycles. The van der Waals surface area contributed by atoms with Gasteiger partial charge < -0.3 is 19.0 Å². The minimum atomic E-state index is -3.75. The lowest BCUT2D eigenvalue weighted by molar-refractivity contribution is 0.262. The molecule has 48 heavy (non-hydrogen) atoms. The predicted molar refractivity (Wildman–Crippen MR) is 198 cm³/mol. The van der Waals surface area contributed by atoms with Crippen LogP contribution in [0, 0.1) is 0 Å². The van der Waals surface area contributed by atoms with Crippen LogP contribution in [-0.2, 0) is 20.2 Å². The van der Waals surface area contributed by atoms with Gasteiger partial charge in [0.25, 0.3) is 0 Å². The molecule has 0 fully saturated rings. The van der Waals surface area contributed by atoms with E-state index in [1.54, 1.807) is 24.3 Å². The zero-order chi connectivity index (χ0) is 34.9. The molecule has 0 radical (unpaired) electrons. The van der Waals surface area contributed by atoms with Crippen molar-refractivity contribution in [1.29, 1.82) is 0 Å². The first-order valence-electron chi connectivity index (χ1n) is 18.2. The zero-order valence-electron chi connectivity index (χ0n) is 29.3. The number of nitrogens with one attached hydrogen (secondary N) is 2. The van der Waals surface area contributed by atoms with E-state index in [4.69, 9.17) is 8.37 Å². The Balaban J connectivity index is 1.67. The molecule has 0 aliphatic carbocycles. The van der Waals surface area contributed by atoms with Crippen molar-refractivity contribution < 1.29 is 30.0 Å². The zero-order valence-corrected chi connectivity index (χ0v) is 31.0. The van der Waals surface area contributed by atoms with E-state index in [0.29, 0.717) is 24.2 Å². The highest BCUT2D eigenvalue weighted by molar-refractivity contribution is 7.87. The van der Waals surface area contributed by atoms with Crippen LogP contribution < -0.4 is 19.0 Å². The van der Waals surface area contributed by atoms with Crippen LogP contribution in [0.3, 0.4) is 0 Å². The topological polar surface area (TPSA) is 128 Å². The lowest BCUT2D eigenvalue weighted by Crippen LogP contribution is -2.19. The summed E-state index contributed by atoms with van der Waals surface area (Å²) < 4.78 is 60.3. The van der Waals surface area contributed by atoms with Gasteiger partial charge in [0.15, 0.2) is 0 Å². The fourth-order valence-corrected chi connectivity index (χ4v) is 7.51. The third kappa shape index (κ3) is 20.5. The normalized spacial score (nSPS) is 11.7. The van der Waals surface area contributed by atoms with Gasteiger partial charge in [-0.1, -0.05) is 135 Å². The summed E-state index contributed by atoms with van der Waals surface area (Å²) in [6, 6.07) is 11.7. The van der Waals surface area contributed by atoms with Gasteiger partial charge in [0, 0.05) is 17.4 Å². The molecule has 0 saturated carbocycles. The number of carbonyl (C=O) groups is 1. The average Bonchev–Trinajstić information content (AvgIpc) is 3.03. The summed E-state index contributed by atoms with van der Waals surface area (Å²) in [6.45, 7) is 4.42. The SMILES string of the molecule is CCCCCCCCCCCCS(=O)(=O)Oc1ccc(NC(=O)Nc2cccc(OS(=O)(=O)CCCCCCCCCCCC)c2)cc1. The van der Waals surface area contributed by atoms with Crippen molar-refractivity contribution in [1.82, 2.24) is 0 Å². The van der Waals surface area contributed by atoms with Crippen LogP contribution in [0.1, 0.15) is 142 Å². The van der Waals surface area contributed by atoms with Crippen molar-refractivity contribution in [3.63, 3.8) is 0 Å². The summed E-state index contributed by atoms with van der Waals surface area (Å²) in [4.78, 5) is 12.6. The predicted octanol–water partition coefficient (Wildman–Crippen LogP) is 10.6. The van der Waals surface area contributed by atoms with Gasteiger partial charge in [0.1, 0.15) is 11.5 Å². The molecule has 0 spiro atoms. The monoisotopic (exact) mass is 708 g/mol. The molecule has 9 nitrogen and oxygen atoms in total. The first kappa shape index (κ1) is 41.4. The summed E-state index contributed by atoms with van der Waals surface area (Å²) >= 11 is 0. The van der Waals surface area contributed by atoms with E-state index in [9.17, 15) is 21.6 Å². The third-order valence-electron chi connectivity index (χ3n) is 8.15. The number of hydrogen-bond donors (Lipinski definition) is 2. The van der Waals surface area contributed by atoms with Crippen LogP contribution in [0.4, 0.5) is 16.2 Å². The summed E-state index contributed by atoms with van der Waals surface area (Å²) in [6.07, 6.45) is 22.3. The van der Waals surface area contributed by atoms with Crippen molar-refractivity contribution >= 4 is 37.6 Å². The summed E-state index contributed by atoms with van der Waals surface area (Å²) in [7, 11) is -7.46. The average molecular weight is 709 g/mol. The maximum absolute atomic E-state index is 12.6. The molecule has 11 heteroatoms. The molecule has 2 aromatic carbocycles. The minimum Gasteiger partial charge on any atom is -0.382 e. The van der Waals surface area contributed by atoms with Gasteiger partial charge in [-0.05, 0) is 49.2 Å². The fourth-order valence-electron chi connectivity index (χ4n) is 5.42. The van der Waals surface area contributed by atoms with Crippen LogP contribution in [0.2, 0.25) is 0 Å². The Bertz CT molecular complexity index is 1360. The number of urea groups is 1. The molecule has 272 valence electrons. The van der Waals surface area contributed by atoms with E-state index < -0.39 is 26.3 Å². The second-order valence-electron chi connectivity index (χ2n) is 12.7. The van der Waals surface area contributed by atoms with E-state index in [-0.39, 0.29) is 23.0 Å². The molecule has 2 rings (SSSR count). The molecule has 0 unspecified atom stereocenters. The number of anilines is 2. The number of benzene rings is 2. The molecule has 0 aliphatic rings. The minimum absolute atomic E-state index is 0.0324. The van der Waals surface area contributed by atoms with Crippen molar-refractivity contribution in [3.05, 3.63) is 48.5 Å². The number of unbranched alkanes of at least 4 members (excludes halogenated alkanes) is 18. The highest BCUT2D eigenvalue weighted by atomic mass is 32.2. The molecule has 2 N–H and O–H groups in total. The molecule has 0 saturated heterocycles. The van der Waals surface area contributed by atoms with Crippen LogP contribution in [0.25, 0.3) is 0 Å². The van der Waals surface area contributed by atoms with Crippen molar-refractivity contribution in [2.75, 3.05) is 22.1 Å². The standard InChI is InChI=1S/C37H60N2O7S2/c1-3-5-7-9-11-13-15-17-19-21-30-47(41,42)45-35-28-26-33(27-29-35)38-37(40)39-34-24-23-25-36(32-34)46-48(43,44)31-22-20-18-16-14-12-10-8-6-4-2/h23-29,32H,3-22,30-31H2,1-2H3,(H2,38,39,40). The van der Waals surface area contributed by atoms with Gasteiger partial charge in [-0.25, -0.2) is 4.79 Å². The Labute approximate surface area is 291 Å². The van der Waals surface area contributed by atoms with Crippen LogP contribution in [0.15, 0.2) is 48.5 Å². The van der Waals surface area contributed by atoms with Crippen molar-refractivity contribution in [2.24, 2.45) is 0 Å². The highest BCUT2D eigenvalue weighted by Gasteiger charge is 2.15. The second-order valence-corrected chi connectivity index (χ2v) is 16.1. The quantitative estimate of drug-likeness (QED) is 0.0665. The molecule has 2 aromatic rings. The highest BCUT2D eigenvalue weighted by Crippen LogP contribution is 2.22. The number of hydrogen-bond acceptors (Lipinski definition) is 7. The molecular weight excluding hydrogens is 649 g/mol. The van der Waals surface area contributed by atoms with E-state index in [1.807, 2.05) is 0 Å². The maximum atomic E-state index is 12.6. The van der Waals surface area contributed by atoms with Gasteiger partial charge in [-0.2, -0.15) is 16.8 Å². The van der Waals surface area contributed by atoms with Crippen molar-refractivity contribution in [3.8, 4) is 11.5 Å². The first-order chi connectivity index (χ1) is 23.1. The lowest BCUT2D eigenvalue weighted by Gasteiger charge is -2.11.